The number of rotatable bonds is 2. The molecule has 0 aliphatic heterocycles. The van der Waals surface area contributed by atoms with Gasteiger partial charge in [0.25, 0.3) is 0 Å². The van der Waals surface area contributed by atoms with Gasteiger partial charge >= 0.3 is 0 Å². The maximum atomic E-state index is 6.41. The molecule has 0 saturated carbocycles. The summed E-state index contributed by atoms with van der Waals surface area (Å²) in [5, 5.41) is 0.811. The van der Waals surface area contributed by atoms with E-state index in [2.05, 4.69) is 95.1 Å². The first-order valence-corrected chi connectivity index (χ1v) is 11.3. The number of benzene rings is 3. The second-order valence-corrected chi connectivity index (χ2v) is 6.68. The number of hydrogen-bond donors (Lipinski definition) is 0. The smallest absolute Gasteiger partial charge is 0.0487 e. The van der Waals surface area contributed by atoms with Crippen molar-refractivity contribution in [2.75, 3.05) is 0 Å². The quantitative estimate of drug-likeness (QED) is 0.350. The second-order valence-electron chi connectivity index (χ2n) is 6.27. The highest BCUT2D eigenvalue weighted by Crippen LogP contribution is 2.32. The summed E-state index contributed by atoms with van der Waals surface area (Å²) >= 11 is 6.41. The summed E-state index contributed by atoms with van der Waals surface area (Å²) in [5.74, 6) is 0. The SMILES string of the molecule is C=C.C=CC.CC.CC.Cc1ccc(-c2ccc(-c3cc(C)c(C)cc3Cl)cc2)cc1. The average Bonchev–Trinajstić information content (AvgIpc) is 2.81. The summed E-state index contributed by atoms with van der Waals surface area (Å²) in [4.78, 5) is 0. The van der Waals surface area contributed by atoms with Crippen LogP contribution < -0.4 is 0 Å². The first-order valence-electron chi connectivity index (χ1n) is 11.0. The molecular formula is C30H41Cl. The number of hydrogen-bond acceptors (Lipinski definition) is 0. The van der Waals surface area contributed by atoms with Crippen molar-refractivity contribution in [1.82, 2.24) is 0 Å². The molecule has 0 saturated heterocycles. The number of allylic oxidation sites excluding steroid dienone is 1. The van der Waals surface area contributed by atoms with E-state index in [-0.39, 0.29) is 0 Å². The van der Waals surface area contributed by atoms with Gasteiger partial charge in [0, 0.05) is 10.6 Å². The molecule has 3 rings (SSSR count). The van der Waals surface area contributed by atoms with E-state index < -0.39 is 0 Å². The summed E-state index contributed by atoms with van der Waals surface area (Å²) < 4.78 is 0. The lowest BCUT2D eigenvalue weighted by molar-refractivity contribution is 1.34. The van der Waals surface area contributed by atoms with E-state index in [1.54, 1.807) is 6.08 Å². The van der Waals surface area contributed by atoms with Gasteiger partial charge < -0.3 is 0 Å². The summed E-state index contributed by atoms with van der Waals surface area (Å²) in [6, 6.07) is 21.4. The highest BCUT2D eigenvalue weighted by molar-refractivity contribution is 6.33. The van der Waals surface area contributed by atoms with Crippen LogP contribution in [0.2, 0.25) is 5.02 Å². The van der Waals surface area contributed by atoms with Crippen LogP contribution >= 0.6 is 11.6 Å². The highest BCUT2D eigenvalue weighted by Gasteiger charge is 2.06. The molecule has 3 aromatic carbocycles. The lowest BCUT2D eigenvalue weighted by Crippen LogP contribution is -1.86. The van der Waals surface area contributed by atoms with Crippen LogP contribution in [0.3, 0.4) is 0 Å². The van der Waals surface area contributed by atoms with E-state index in [9.17, 15) is 0 Å². The fourth-order valence-corrected chi connectivity index (χ4v) is 2.92. The first-order chi connectivity index (χ1) is 15.0. The van der Waals surface area contributed by atoms with Gasteiger partial charge in [-0.2, -0.15) is 0 Å². The van der Waals surface area contributed by atoms with Crippen molar-refractivity contribution < 1.29 is 0 Å². The largest absolute Gasteiger partial charge is 0.106 e. The van der Waals surface area contributed by atoms with Gasteiger partial charge in [-0.05, 0) is 67.6 Å². The van der Waals surface area contributed by atoms with Gasteiger partial charge in [0.1, 0.15) is 0 Å². The predicted molar refractivity (Wildman–Crippen MR) is 146 cm³/mol. The fourth-order valence-electron chi connectivity index (χ4n) is 2.59. The molecule has 0 unspecified atom stereocenters. The molecule has 0 fully saturated rings. The van der Waals surface area contributed by atoms with Crippen molar-refractivity contribution in [1.29, 1.82) is 0 Å². The molecule has 0 aliphatic carbocycles. The molecule has 0 amide bonds. The Hall–Kier alpha value is -2.57. The third kappa shape index (κ3) is 10.3. The first kappa shape index (κ1) is 30.6. The maximum absolute atomic E-state index is 6.41. The lowest BCUT2D eigenvalue weighted by atomic mass is 9.97. The Balaban J connectivity index is 0. The molecule has 168 valence electrons. The van der Waals surface area contributed by atoms with E-state index in [4.69, 9.17) is 11.6 Å². The van der Waals surface area contributed by atoms with Gasteiger partial charge in [0.2, 0.25) is 0 Å². The molecule has 0 radical (unpaired) electrons. The van der Waals surface area contributed by atoms with Gasteiger partial charge in [-0.3, -0.25) is 0 Å². The van der Waals surface area contributed by atoms with E-state index in [1.807, 2.05) is 40.7 Å². The van der Waals surface area contributed by atoms with Crippen LogP contribution in [-0.2, 0) is 0 Å². The summed E-state index contributed by atoms with van der Waals surface area (Å²) in [6.07, 6.45) is 1.75. The third-order valence-electron chi connectivity index (χ3n) is 4.16. The summed E-state index contributed by atoms with van der Waals surface area (Å²) in [7, 11) is 0. The molecule has 0 atom stereocenters. The Morgan fingerprint density at radius 2 is 0.968 bits per heavy atom. The van der Waals surface area contributed by atoms with Crippen molar-refractivity contribution >= 4 is 11.6 Å². The Kier molecular flexibility index (Phi) is 18.0. The Bertz CT molecular complexity index is 856. The van der Waals surface area contributed by atoms with Crippen LogP contribution in [0, 0.1) is 20.8 Å². The second kappa shape index (κ2) is 18.2. The third-order valence-corrected chi connectivity index (χ3v) is 4.48. The highest BCUT2D eigenvalue weighted by atomic mass is 35.5. The molecule has 0 bridgehead atoms. The molecule has 0 spiro atoms. The Labute approximate surface area is 197 Å². The zero-order chi connectivity index (χ0) is 24.4. The van der Waals surface area contributed by atoms with Crippen LogP contribution in [0.25, 0.3) is 22.3 Å². The van der Waals surface area contributed by atoms with Gasteiger partial charge in [0.15, 0.2) is 0 Å². The van der Waals surface area contributed by atoms with Crippen LogP contribution in [0.15, 0.2) is 86.5 Å². The van der Waals surface area contributed by atoms with Crippen LogP contribution in [0.5, 0.6) is 0 Å². The van der Waals surface area contributed by atoms with E-state index >= 15 is 0 Å². The van der Waals surface area contributed by atoms with Crippen molar-refractivity contribution in [3.05, 3.63) is 108 Å². The van der Waals surface area contributed by atoms with Gasteiger partial charge in [0.05, 0.1) is 0 Å². The van der Waals surface area contributed by atoms with Gasteiger partial charge in [-0.25, -0.2) is 0 Å². The van der Waals surface area contributed by atoms with Crippen molar-refractivity contribution in [2.24, 2.45) is 0 Å². The maximum Gasteiger partial charge on any atom is 0.0487 e. The van der Waals surface area contributed by atoms with Crippen LogP contribution in [-0.4, -0.2) is 0 Å². The van der Waals surface area contributed by atoms with E-state index in [1.165, 1.54) is 27.8 Å². The molecule has 1 heteroatoms. The minimum absolute atomic E-state index is 0.811. The molecule has 0 N–H and O–H groups in total. The minimum Gasteiger partial charge on any atom is -0.106 e. The average molecular weight is 437 g/mol. The predicted octanol–water partition coefficient (Wildman–Crippen LogP) is 10.6. The zero-order valence-electron chi connectivity index (χ0n) is 20.9. The zero-order valence-corrected chi connectivity index (χ0v) is 21.6. The van der Waals surface area contributed by atoms with Crippen LogP contribution in [0.1, 0.15) is 51.3 Å². The van der Waals surface area contributed by atoms with E-state index in [0.717, 1.165) is 16.1 Å². The molecule has 3 aromatic rings. The summed E-state index contributed by atoms with van der Waals surface area (Å²) in [5.41, 5.74) is 8.49. The minimum atomic E-state index is 0.811. The Morgan fingerprint density at radius 3 is 1.39 bits per heavy atom. The topological polar surface area (TPSA) is 0 Å². The van der Waals surface area contributed by atoms with Crippen molar-refractivity contribution in [2.45, 2.75) is 55.4 Å². The Morgan fingerprint density at radius 1 is 0.645 bits per heavy atom. The lowest BCUT2D eigenvalue weighted by Gasteiger charge is -2.10. The van der Waals surface area contributed by atoms with Gasteiger partial charge in [-0.1, -0.05) is 99.5 Å². The van der Waals surface area contributed by atoms with Gasteiger partial charge in [-0.15, -0.1) is 19.7 Å². The number of halogens is 1. The van der Waals surface area contributed by atoms with Crippen molar-refractivity contribution in [3.8, 4) is 22.3 Å². The molecule has 31 heavy (non-hydrogen) atoms. The fraction of sp³-hybridized carbons (Fsp3) is 0.267. The standard InChI is InChI=1S/C21H19Cl.C3H6.2C2H6.C2H4/c1-14-4-6-17(7-5-14)18-8-10-19(11-9-18)20-12-15(2)16(3)13-21(20)22;1-3-2;3*1-2/h4-13H,1-3H3;3H,1H2,2H3;2*1-2H3;1-2H2. The molecule has 0 aromatic heterocycles. The molecule has 0 aliphatic rings. The normalized spacial score (nSPS) is 8.55. The molecule has 0 heterocycles. The number of aryl methyl sites for hydroxylation is 3. The monoisotopic (exact) mass is 436 g/mol. The molecule has 0 nitrogen and oxygen atoms in total. The van der Waals surface area contributed by atoms with E-state index in [0.29, 0.717) is 0 Å². The van der Waals surface area contributed by atoms with Crippen LogP contribution in [0.4, 0.5) is 0 Å². The van der Waals surface area contributed by atoms with Crippen molar-refractivity contribution in [3.63, 3.8) is 0 Å². The molecular weight excluding hydrogens is 396 g/mol. The summed E-state index contributed by atoms with van der Waals surface area (Å²) in [6.45, 7) is 25.6.